The molecule has 0 saturated heterocycles. The summed E-state index contributed by atoms with van der Waals surface area (Å²) in [5, 5.41) is 27.6. The second-order valence-electron chi connectivity index (χ2n) is 33.6. The second kappa shape index (κ2) is 32.1. The van der Waals surface area contributed by atoms with Gasteiger partial charge in [0.1, 0.15) is 0 Å². The number of hydrogen-bond donors (Lipinski definition) is 0. The summed E-state index contributed by atoms with van der Waals surface area (Å²) in [6.45, 7) is 9.41. The fraction of sp³-hybridized carbons (Fsp3) is 0.0513. The number of para-hydroxylation sites is 1. The molecule has 8 nitrogen and oxygen atoms in total. The van der Waals surface area contributed by atoms with Crippen LogP contribution in [0.3, 0.4) is 0 Å². The van der Waals surface area contributed by atoms with Gasteiger partial charge in [-0.15, -0.1) is 0 Å². The van der Waals surface area contributed by atoms with Gasteiger partial charge in [0.2, 0.25) is 5.52 Å². The number of pyridine rings is 1. The van der Waals surface area contributed by atoms with E-state index in [-0.39, 0.29) is 35.4 Å². The Labute approximate surface area is 743 Å². The van der Waals surface area contributed by atoms with Gasteiger partial charge in [0.25, 0.3) is 0 Å². The van der Waals surface area contributed by atoms with Crippen molar-refractivity contribution in [3.8, 4) is 141 Å². The Morgan fingerprint density at radius 2 is 0.452 bits per heavy atom. The number of nitrogens with zero attached hydrogens (tertiary/aromatic N) is 6. The SMILES string of the molecule is CC1(C)c2cc(-c3nc(-c4cc(-c5ccccc5)cc(-c5ccccc5)c4)nc(-c4cc(-c5ccccc5)cc(-c5ccccc5)c4)n3)ccc2-c2cc3c4ccccc4c4ccccc4c3cc21.CC1(C)c2cc(-c3nc(-c4ccccc4)nc(-c4ccccc4)n3)ccc2-c2cc3c4ccccc4c4ccccc4c3cc21.[Li+].[O-]c1cccc2ccc[nH+]c12. The molecule has 2 aliphatic rings. The van der Waals surface area contributed by atoms with Gasteiger partial charge in [-0.25, -0.2) is 34.9 Å². The fourth-order valence-corrected chi connectivity index (χ4v) is 19.1. The third-order valence-corrected chi connectivity index (χ3v) is 25.4. The zero-order valence-corrected chi connectivity index (χ0v) is 70.4. The third-order valence-electron chi connectivity index (χ3n) is 25.4. The van der Waals surface area contributed by atoms with E-state index in [4.69, 9.17) is 29.9 Å². The largest absolute Gasteiger partial charge is 1.00 e. The number of nitrogens with one attached hydrogen (secondary N) is 1. The van der Waals surface area contributed by atoms with E-state index >= 15 is 0 Å². The molecule has 22 aromatic rings. The van der Waals surface area contributed by atoms with Crippen molar-refractivity contribution in [2.75, 3.05) is 0 Å². The molecule has 0 saturated carbocycles. The number of rotatable bonds is 10. The predicted octanol–water partition coefficient (Wildman–Crippen LogP) is 25.7. The number of aromatic nitrogens is 7. The first-order chi connectivity index (χ1) is 61.4. The number of hydrogen-bond acceptors (Lipinski definition) is 7. The molecule has 24 rings (SSSR count). The summed E-state index contributed by atoms with van der Waals surface area (Å²) in [6, 6.07) is 144. The minimum absolute atomic E-state index is 0. The number of fused-ring (bicyclic) bond motifs is 19. The summed E-state index contributed by atoms with van der Waals surface area (Å²) in [5.74, 6) is 3.93. The van der Waals surface area contributed by atoms with Crippen molar-refractivity contribution in [2.45, 2.75) is 38.5 Å². The Balaban J connectivity index is 0.000000145. The van der Waals surface area contributed by atoms with Crippen molar-refractivity contribution >= 4 is 75.5 Å². The summed E-state index contributed by atoms with van der Waals surface area (Å²) in [6.07, 6.45) is 1.75. The van der Waals surface area contributed by atoms with Crippen LogP contribution in [0.5, 0.6) is 5.75 Å². The fourth-order valence-electron chi connectivity index (χ4n) is 19.1. The molecule has 590 valence electrons. The zero-order valence-electron chi connectivity index (χ0n) is 70.4. The van der Waals surface area contributed by atoms with Crippen LogP contribution in [0.2, 0.25) is 0 Å². The van der Waals surface area contributed by atoms with E-state index in [1.165, 1.54) is 109 Å². The average Bonchev–Trinajstić information content (AvgIpc) is 1.53. The first-order valence-corrected chi connectivity index (χ1v) is 42.6. The average molecular weight is 1610 g/mol. The Bertz CT molecular complexity index is 7700. The van der Waals surface area contributed by atoms with Gasteiger partial charge in [0.05, 0.1) is 0 Å². The van der Waals surface area contributed by atoms with Crippen LogP contribution in [0.1, 0.15) is 49.9 Å². The molecule has 1 N–H and O–H groups in total. The van der Waals surface area contributed by atoms with Crippen LogP contribution in [0.4, 0.5) is 0 Å². The first kappa shape index (κ1) is 77.9. The molecule has 0 bridgehead atoms. The van der Waals surface area contributed by atoms with Crippen molar-refractivity contribution in [2.24, 2.45) is 0 Å². The standard InChI is InChI=1S/C66H45N3.C42H29N3.C9H7NO.Li/c1-66(2)61-39-46(31-32-57(61)60-40-58-55-29-17-15-27-53(55)54-28-16-18-30-56(54)59(58)41-62(60)66)63-67-64(51-35-47(42-19-7-3-8-20-42)33-48(36-51)43-21-9-4-10-22-43)69-65(68-63)52-37-49(44-23-11-5-12-24-44)34-50(38-52)45-25-13-6-14-26-45;1-42(2)37-23-28(41-44-39(26-13-5-3-6-14-26)43-40(45-41)27-15-7-4-8-16-27)21-22-33(37)36-24-34-31-19-11-9-17-29(31)30-18-10-12-20-32(30)35(34)25-38(36)42;11-8-5-1-3-7-4-2-6-10-9(7)8;/h3-41H,1-2H3;3-25H,1-2H3;1-6,11H;/q;;;+1. The summed E-state index contributed by atoms with van der Waals surface area (Å²) >= 11 is 0. The van der Waals surface area contributed by atoms with E-state index < -0.39 is 0 Å². The topological polar surface area (TPSA) is 115 Å². The molecule has 0 unspecified atom stereocenters. The van der Waals surface area contributed by atoms with Gasteiger partial charge >= 0.3 is 18.9 Å². The Hall–Kier alpha value is -15.4. The normalized spacial score (nSPS) is 12.5. The molecular weight excluding hydrogens is 1530 g/mol. The predicted molar refractivity (Wildman–Crippen MR) is 514 cm³/mol. The first-order valence-electron chi connectivity index (χ1n) is 42.6. The molecule has 0 amide bonds. The van der Waals surface area contributed by atoms with E-state index in [0.717, 1.165) is 83.3 Å². The monoisotopic (exact) mass is 1610 g/mol. The maximum absolute atomic E-state index is 11.1. The maximum atomic E-state index is 11.1. The van der Waals surface area contributed by atoms with E-state index in [1.807, 2.05) is 54.6 Å². The zero-order chi connectivity index (χ0) is 83.9. The van der Waals surface area contributed by atoms with Crippen molar-refractivity contribution in [1.29, 1.82) is 0 Å². The van der Waals surface area contributed by atoms with Gasteiger partial charge in [0, 0.05) is 55.7 Å². The summed E-state index contributed by atoms with van der Waals surface area (Å²) in [5.41, 5.74) is 25.2. The van der Waals surface area contributed by atoms with Crippen LogP contribution in [-0.2, 0) is 10.8 Å². The number of aromatic amines is 1. The molecule has 2 aliphatic carbocycles. The van der Waals surface area contributed by atoms with E-state index in [9.17, 15) is 5.11 Å². The number of H-pyrrole nitrogens is 1. The summed E-state index contributed by atoms with van der Waals surface area (Å²) < 4.78 is 0. The molecule has 19 aromatic carbocycles. The third kappa shape index (κ3) is 14.0. The molecule has 126 heavy (non-hydrogen) atoms. The molecule has 0 spiro atoms. The van der Waals surface area contributed by atoms with Crippen LogP contribution >= 0.6 is 0 Å². The quantitative estimate of drug-likeness (QED) is 0.0989. The van der Waals surface area contributed by atoms with Crippen LogP contribution in [-0.4, -0.2) is 29.9 Å². The smallest absolute Gasteiger partial charge is 0.868 e. The van der Waals surface area contributed by atoms with E-state index in [1.54, 1.807) is 18.3 Å². The van der Waals surface area contributed by atoms with Gasteiger partial charge in [-0.1, -0.05) is 343 Å². The van der Waals surface area contributed by atoms with Crippen LogP contribution < -0.4 is 29.0 Å². The second-order valence-corrected chi connectivity index (χ2v) is 33.6. The van der Waals surface area contributed by atoms with Crippen LogP contribution in [0.25, 0.3) is 211 Å². The Morgan fingerprint density at radius 1 is 0.198 bits per heavy atom. The minimum Gasteiger partial charge on any atom is -0.868 e. The molecule has 3 heterocycles. The molecule has 0 aliphatic heterocycles. The van der Waals surface area contributed by atoms with E-state index in [2.05, 4.69) is 372 Å². The van der Waals surface area contributed by atoms with Gasteiger partial charge in [-0.3, -0.25) is 0 Å². The maximum Gasteiger partial charge on any atom is 1.00 e. The van der Waals surface area contributed by atoms with Crippen molar-refractivity contribution in [3.63, 3.8) is 0 Å². The van der Waals surface area contributed by atoms with E-state index in [0.29, 0.717) is 40.5 Å². The van der Waals surface area contributed by atoms with Crippen LogP contribution in [0, 0.1) is 0 Å². The molecule has 9 heteroatoms. The molecule has 0 radical (unpaired) electrons. The Morgan fingerprint density at radius 3 is 0.770 bits per heavy atom. The van der Waals surface area contributed by atoms with Crippen molar-refractivity contribution in [1.82, 2.24) is 29.9 Å². The molecular formula is C117H81LiN7O+. The molecule has 3 aromatic heterocycles. The van der Waals surface area contributed by atoms with Gasteiger partial charge in [-0.05, 0) is 244 Å². The summed E-state index contributed by atoms with van der Waals surface area (Å²) in [7, 11) is 0. The van der Waals surface area contributed by atoms with Crippen molar-refractivity contribution < 1.29 is 29.0 Å². The molecule has 0 atom stereocenters. The Kier molecular flexibility index (Phi) is 19.8. The van der Waals surface area contributed by atoms with Crippen LogP contribution in [0.15, 0.2) is 413 Å². The number of benzene rings is 19. The minimum atomic E-state index is -0.288. The molecule has 0 fully saturated rings. The van der Waals surface area contributed by atoms with Gasteiger partial charge in [0.15, 0.2) is 41.1 Å². The summed E-state index contributed by atoms with van der Waals surface area (Å²) in [4.78, 5) is 34.1. The van der Waals surface area contributed by atoms with Gasteiger partial charge in [-0.2, -0.15) is 0 Å². The van der Waals surface area contributed by atoms with Gasteiger partial charge < -0.3 is 5.11 Å². The van der Waals surface area contributed by atoms with Crippen molar-refractivity contribution in [3.05, 3.63) is 435 Å².